The van der Waals surface area contributed by atoms with Gasteiger partial charge in [-0.05, 0) is 42.3 Å². The van der Waals surface area contributed by atoms with Crippen molar-refractivity contribution in [2.45, 2.75) is 26.3 Å². The minimum Gasteiger partial charge on any atom is -0.380 e. The van der Waals surface area contributed by atoms with Crippen LogP contribution in [-0.4, -0.2) is 19.8 Å². The monoisotopic (exact) mass is 257 g/mol. The lowest BCUT2D eigenvalue weighted by atomic mass is 10.0. The Hall–Kier alpha value is -1.38. The fraction of sp³-hybridized carbons (Fsp3) is 0.412. The summed E-state index contributed by atoms with van der Waals surface area (Å²) in [5, 5.41) is 6.14. The first kappa shape index (κ1) is 14.0. The molecule has 0 radical (unpaired) electrons. The number of ether oxygens (including phenoxy) is 1. The van der Waals surface area contributed by atoms with Gasteiger partial charge in [0.25, 0.3) is 0 Å². The van der Waals surface area contributed by atoms with Crippen molar-refractivity contribution in [2.75, 3.05) is 19.8 Å². The van der Waals surface area contributed by atoms with Crippen molar-refractivity contribution in [3.63, 3.8) is 0 Å². The van der Waals surface area contributed by atoms with Crippen LogP contribution in [0.15, 0.2) is 42.5 Å². The summed E-state index contributed by atoms with van der Waals surface area (Å²) in [5.41, 5.74) is 1.31. The summed E-state index contributed by atoms with van der Waals surface area (Å²) in [6.07, 6.45) is 1.14. The zero-order valence-electron chi connectivity index (χ0n) is 11.9. The van der Waals surface area contributed by atoms with Crippen LogP contribution in [0.5, 0.6) is 0 Å². The third kappa shape index (κ3) is 3.79. The topological polar surface area (TPSA) is 21.3 Å². The SMILES string of the molecule is CCCNC(COCC)c1ccc2ccccc2c1. The quantitative estimate of drug-likeness (QED) is 0.811. The maximum Gasteiger partial charge on any atom is 0.0661 e. The van der Waals surface area contributed by atoms with Crippen molar-refractivity contribution in [2.24, 2.45) is 0 Å². The molecule has 2 aromatic carbocycles. The maximum atomic E-state index is 5.60. The normalized spacial score (nSPS) is 12.7. The molecule has 0 aromatic heterocycles. The fourth-order valence-corrected chi connectivity index (χ4v) is 2.25. The largest absolute Gasteiger partial charge is 0.380 e. The van der Waals surface area contributed by atoms with E-state index in [-0.39, 0.29) is 6.04 Å². The number of hydrogen-bond donors (Lipinski definition) is 1. The molecule has 0 fully saturated rings. The third-order valence-electron chi connectivity index (χ3n) is 3.31. The van der Waals surface area contributed by atoms with Gasteiger partial charge in [-0.25, -0.2) is 0 Å². The van der Waals surface area contributed by atoms with E-state index in [4.69, 9.17) is 4.74 Å². The first-order valence-electron chi connectivity index (χ1n) is 7.15. The van der Waals surface area contributed by atoms with Gasteiger partial charge < -0.3 is 10.1 Å². The number of nitrogens with one attached hydrogen (secondary N) is 1. The van der Waals surface area contributed by atoms with Gasteiger partial charge in [-0.2, -0.15) is 0 Å². The van der Waals surface area contributed by atoms with E-state index in [1.807, 2.05) is 6.92 Å². The molecule has 0 heterocycles. The highest BCUT2D eigenvalue weighted by molar-refractivity contribution is 5.83. The Kier molecular flexibility index (Phi) is 5.37. The van der Waals surface area contributed by atoms with Gasteiger partial charge in [0.1, 0.15) is 0 Å². The predicted molar refractivity (Wildman–Crippen MR) is 81.5 cm³/mol. The number of rotatable bonds is 7. The summed E-state index contributed by atoms with van der Waals surface area (Å²) in [7, 11) is 0. The molecule has 2 nitrogen and oxygen atoms in total. The zero-order chi connectivity index (χ0) is 13.5. The van der Waals surface area contributed by atoms with E-state index in [9.17, 15) is 0 Å². The van der Waals surface area contributed by atoms with Crippen LogP contribution in [0.25, 0.3) is 10.8 Å². The average Bonchev–Trinajstić information content (AvgIpc) is 2.47. The highest BCUT2D eigenvalue weighted by Gasteiger charge is 2.10. The molecule has 0 aliphatic heterocycles. The van der Waals surface area contributed by atoms with Crippen LogP contribution in [0, 0.1) is 0 Å². The molecule has 0 saturated carbocycles. The van der Waals surface area contributed by atoms with Crippen molar-refractivity contribution < 1.29 is 4.74 Å². The number of benzene rings is 2. The van der Waals surface area contributed by atoms with Gasteiger partial charge in [0.15, 0.2) is 0 Å². The van der Waals surface area contributed by atoms with Crippen molar-refractivity contribution >= 4 is 10.8 Å². The van der Waals surface area contributed by atoms with E-state index < -0.39 is 0 Å². The number of hydrogen-bond acceptors (Lipinski definition) is 2. The molecule has 0 amide bonds. The molecular formula is C17H23NO. The Morgan fingerprint density at radius 3 is 2.58 bits per heavy atom. The standard InChI is InChI=1S/C17H23NO/c1-3-11-18-17(13-19-4-2)16-10-9-14-7-5-6-8-15(14)12-16/h5-10,12,17-18H,3-4,11,13H2,1-2H3. The average molecular weight is 257 g/mol. The fourth-order valence-electron chi connectivity index (χ4n) is 2.25. The maximum absolute atomic E-state index is 5.60. The zero-order valence-corrected chi connectivity index (χ0v) is 11.9. The van der Waals surface area contributed by atoms with Crippen molar-refractivity contribution in [1.29, 1.82) is 0 Å². The second kappa shape index (κ2) is 7.27. The second-order valence-corrected chi connectivity index (χ2v) is 4.77. The van der Waals surface area contributed by atoms with Crippen LogP contribution in [0.2, 0.25) is 0 Å². The van der Waals surface area contributed by atoms with E-state index in [0.717, 1.165) is 26.2 Å². The summed E-state index contributed by atoms with van der Waals surface area (Å²) < 4.78 is 5.60. The summed E-state index contributed by atoms with van der Waals surface area (Å²) in [4.78, 5) is 0. The molecule has 0 bridgehead atoms. The van der Waals surface area contributed by atoms with Gasteiger partial charge in [0.2, 0.25) is 0 Å². The Bertz CT molecular complexity index is 501. The molecule has 2 rings (SSSR count). The van der Waals surface area contributed by atoms with Gasteiger partial charge >= 0.3 is 0 Å². The van der Waals surface area contributed by atoms with E-state index in [1.54, 1.807) is 0 Å². The third-order valence-corrected chi connectivity index (χ3v) is 3.31. The first-order chi connectivity index (χ1) is 9.35. The molecule has 0 spiro atoms. The minimum absolute atomic E-state index is 0.282. The molecule has 0 aliphatic carbocycles. The van der Waals surface area contributed by atoms with Crippen LogP contribution in [0.4, 0.5) is 0 Å². The summed E-state index contributed by atoms with van der Waals surface area (Å²) in [6, 6.07) is 15.4. The summed E-state index contributed by atoms with van der Waals surface area (Å²) in [5.74, 6) is 0. The van der Waals surface area contributed by atoms with Crippen LogP contribution in [0.3, 0.4) is 0 Å². The number of fused-ring (bicyclic) bond motifs is 1. The van der Waals surface area contributed by atoms with E-state index >= 15 is 0 Å². The molecule has 0 aliphatic rings. The molecular weight excluding hydrogens is 234 g/mol. The molecule has 0 saturated heterocycles. The second-order valence-electron chi connectivity index (χ2n) is 4.77. The Morgan fingerprint density at radius 1 is 1.05 bits per heavy atom. The highest BCUT2D eigenvalue weighted by atomic mass is 16.5. The van der Waals surface area contributed by atoms with Gasteiger partial charge in [0.05, 0.1) is 12.6 Å². The highest BCUT2D eigenvalue weighted by Crippen LogP contribution is 2.20. The van der Waals surface area contributed by atoms with Crippen LogP contribution >= 0.6 is 0 Å². The molecule has 1 unspecified atom stereocenters. The van der Waals surface area contributed by atoms with Crippen molar-refractivity contribution in [1.82, 2.24) is 5.32 Å². The predicted octanol–water partition coefficient (Wildman–Crippen LogP) is 3.92. The van der Waals surface area contributed by atoms with Gasteiger partial charge in [-0.1, -0.05) is 43.3 Å². The van der Waals surface area contributed by atoms with Crippen LogP contribution in [0.1, 0.15) is 31.9 Å². The lowest BCUT2D eigenvalue weighted by Gasteiger charge is -2.19. The molecule has 2 aromatic rings. The molecule has 19 heavy (non-hydrogen) atoms. The Labute approximate surface area is 115 Å². The van der Waals surface area contributed by atoms with Crippen molar-refractivity contribution in [3.05, 3.63) is 48.0 Å². The smallest absolute Gasteiger partial charge is 0.0661 e. The first-order valence-corrected chi connectivity index (χ1v) is 7.15. The molecule has 1 N–H and O–H groups in total. The van der Waals surface area contributed by atoms with Crippen LogP contribution < -0.4 is 5.32 Å². The minimum atomic E-state index is 0.282. The Balaban J connectivity index is 2.21. The molecule has 2 heteroatoms. The molecule has 1 atom stereocenters. The van der Waals surface area contributed by atoms with E-state index in [0.29, 0.717) is 0 Å². The van der Waals surface area contributed by atoms with Gasteiger partial charge in [0, 0.05) is 6.61 Å². The van der Waals surface area contributed by atoms with Crippen molar-refractivity contribution in [3.8, 4) is 0 Å². The summed E-state index contributed by atoms with van der Waals surface area (Å²) >= 11 is 0. The lowest BCUT2D eigenvalue weighted by molar-refractivity contribution is 0.123. The molecule has 102 valence electrons. The van der Waals surface area contributed by atoms with E-state index in [1.165, 1.54) is 16.3 Å². The van der Waals surface area contributed by atoms with Crippen LogP contribution in [-0.2, 0) is 4.74 Å². The van der Waals surface area contributed by atoms with Gasteiger partial charge in [-0.3, -0.25) is 0 Å². The van der Waals surface area contributed by atoms with Gasteiger partial charge in [-0.15, -0.1) is 0 Å². The Morgan fingerprint density at radius 2 is 1.84 bits per heavy atom. The lowest BCUT2D eigenvalue weighted by Crippen LogP contribution is -2.26. The summed E-state index contributed by atoms with van der Waals surface area (Å²) in [6.45, 7) is 6.74. The van der Waals surface area contributed by atoms with E-state index in [2.05, 4.69) is 54.7 Å².